The Balaban J connectivity index is 2.59. The number of aryl methyl sites for hydroxylation is 1. The number of hydrogen-bond donors (Lipinski definition) is 1. The zero-order valence-corrected chi connectivity index (χ0v) is 12.7. The van der Waals surface area contributed by atoms with Crippen LogP contribution < -0.4 is 5.73 Å². The minimum atomic E-state index is -1.43. The van der Waals surface area contributed by atoms with Gasteiger partial charge in [0.1, 0.15) is 0 Å². The van der Waals surface area contributed by atoms with Crippen molar-refractivity contribution in [1.82, 2.24) is 0 Å². The lowest BCUT2D eigenvalue weighted by Gasteiger charge is -2.32. The molecule has 2 atom stereocenters. The Kier molecular flexibility index (Phi) is 4.65. The average Bonchev–Trinajstić information content (AvgIpc) is 2.57. The van der Waals surface area contributed by atoms with E-state index in [1.807, 2.05) is 49.4 Å². The fourth-order valence-electron chi connectivity index (χ4n) is 2.53. The predicted octanol–water partition coefficient (Wildman–Crippen LogP) is 2.74. The van der Waals surface area contributed by atoms with Crippen LogP contribution in [0.25, 0.3) is 0 Å². The van der Waals surface area contributed by atoms with Gasteiger partial charge >= 0.3 is 5.97 Å². The van der Waals surface area contributed by atoms with Crippen LogP contribution in [0.2, 0.25) is 0 Å². The summed E-state index contributed by atoms with van der Waals surface area (Å²) < 4.78 is 4.94. The lowest BCUT2D eigenvalue weighted by Crippen LogP contribution is -2.50. The minimum Gasteiger partial charge on any atom is -0.467 e. The summed E-state index contributed by atoms with van der Waals surface area (Å²) in [5.41, 5.74) is 7.60. The molecule has 2 aromatic carbocycles. The van der Waals surface area contributed by atoms with Gasteiger partial charge in [0, 0.05) is 0 Å². The smallest absolute Gasteiger partial charge is 0.332 e. The maximum Gasteiger partial charge on any atom is 0.332 e. The van der Waals surface area contributed by atoms with E-state index in [4.69, 9.17) is 16.9 Å². The first-order chi connectivity index (χ1) is 10.5. The number of rotatable bonds is 4. The van der Waals surface area contributed by atoms with Gasteiger partial charge in [0.2, 0.25) is 0 Å². The van der Waals surface area contributed by atoms with Gasteiger partial charge < -0.3 is 10.5 Å². The molecule has 0 fully saturated rings. The molecule has 0 bridgehead atoms. The highest BCUT2D eigenvalue weighted by molar-refractivity contribution is 5.84. The van der Waals surface area contributed by atoms with Gasteiger partial charge in [-0.25, -0.2) is 4.79 Å². The van der Waals surface area contributed by atoms with Crippen molar-refractivity contribution in [3.8, 4) is 12.3 Å². The van der Waals surface area contributed by atoms with Crippen LogP contribution >= 0.6 is 0 Å². The van der Waals surface area contributed by atoms with E-state index in [9.17, 15) is 4.79 Å². The number of nitrogens with two attached hydrogens (primary N) is 1. The van der Waals surface area contributed by atoms with Crippen molar-refractivity contribution in [1.29, 1.82) is 0 Å². The molecule has 0 amide bonds. The van der Waals surface area contributed by atoms with Gasteiger partial charge in [-0.1, -0.05) is 66.1 Å². The molecule has 22 heavy (non-hydrogen) atoms. The van der Waals surface area contributed by atoms with Crippen LogP contribution in [0.15, 0.2) is 54.6 Å². The van der Waals surface area contributed by atoms with Crippen molar-refractivity contribution >= 4 is 5.97 Å². The van der Waals surface area contributed by atoms with Gasteiger partial charge in [-0.15, -0.1) is 6.42 Å². The monoisotopic (exact) mass is 293 g/mol. The van der Waals surface area contributed by atoms with Crippen LogP contribution in [0.3, 0.4) is 0 Å². The first kappa shape index (κ1) is 15.8. The Labute approximate surface area is 131 Å². The molecule has 3 nitrogen and oxygen atoms in total. The van der Waals surface area contributed by atoms with Gasteiger partial charge in [0.05, 0.1) is 13.0 Å². The molecule has 0 saturated carbocycles. The average molecular weight is 293 g/mol. The fraction of sp³-hybridized carbons (Fsp3) is 0.211. The summed E-state index contributed by atoms with van der Waals surface area (Å²) in [5.74, 6) is 1.49. The maximum absolute atomic E-state index is 12.4. The summed E-state index contributed by atoms with van der Waals surface area (Å²) >= 11 is 0. The fourth-order valence-corrected chi connectivity index (χ4v) is 2.53. The second kappa shape index (κ2) is 6.46. The summed E-state index contributed by atoms with van der Waals surface area (Å²) in [6.45, 7) is 1.99. The molecule has 0 saturated heterocycles. The van der Waals surface area contributed by atoms with Crippen LogP contribution in [0.5, 0.6) is 0 Å². The molecule has 0 spiro atoms. The first-order valence-electron chi connectivity index (χ1n) is 6.99. The molecular weight excluding hydrogens is 274 g/mol. The molecule has 0 radical (unpaired) electrons. The van der Waals surface area contributed by atoms with Crippen LogP contribution in [-0.2, 0) is 15.1 Å². The molecule has 0 aliphatic carbocycles. The van der Waals surface area contributed by atoms with E-state index < -0.39 is 17.4 Å². The van der Waals surface area contributed by atoms with Crippen LogP contribution in [0.4, 0.5) is 0 Å². The highest BCUT2D eigenvalue weighted by Crippen LogP contribution is 2.35. The molecule has 2 aromatic rings. The molecule has 0 aromatic heterocycles. The second-order valence-corrected chi connectivity index (χ2v) is 5.24. The highest BCUT2D eigenvalue weighted by Gasteiger charge is 2.45. The highest BCUT2D eigenvalue weighted by atomic mass is 16.5. The van der Waals surface area contributed by atoms with Crippen LogP contribution in [0.1, 0.15) is 22.6 Å². The van der Waals surface area contributed by atoms with E-state index >= 15 is 0 Å². The second-order valence-electron chi connectivity index (χ2n) is 5.24. The Hall–Kier alpha value is -2.57. The third-order valence-corrected chi connectivity index (χ3v) is 3.81. The van der Waals surface area contributed by atoms with Crippen LogP contribution in [-0.4, -0.2) is 13.1 Å². The number of benzene rings is 2. The molecule has 2 rings (SSSR count). The van der Waals surface area contributed by atoms with E-state index in [1.54, 1.807) is 12.1 Å². The van der Waals surface area contributed by atoms with E-state index in [0.717, 1.165) is 11.1 Å². The Bertz CT molecular complexity index is 686. The molecule has 2 N–H and O–H groups in total. The van der Waals surface area contributed by atoms with E-state index in [1.165, 1.54) is 7.11 Å². The molecule has 0 aliphatic heterocycles. The molecule has 1 unspecified atom stereocenters. The molecule has 0 aliphatic rings. The third-order valence-electron chi connectivity index (χ3n) is 3.81. The molecule has 112 valence electrons. The van der Waals surface area contributed by atoms with Gasteiger partial charge in [0.25, 0.3) is 0 Å². The number of methoxy groups -OCH3 is 1. The summed E-state index contributed by atoms with van der Waals surface area (Å²) in [6, 6.07) is 16.8. The van der Waals surface area contributed by atoms with Crippen molar-refractivity contribution in [2.45, 2.75) is 18.4 Å². The zero-order valence-electron chi connectivity index (χ0n) is 12.7. The van der Waals surface area contributed by atoms with Gasteiger partial charge in [0.15, 0.2) is 5.54 Å². The number of carbonyl (C=O) groups is 1. The van der Waals surface area contributed by atoms with Gasteiger partial charge in [-0.05, 0) is 18.1 Å². The molecule has 0 heterocycles. The van der Waals surface area contributed by atoms with Crippen molar-refractivity contribution < 1.29 is 9.53 Å². The third kappa shape index (κ3) is 2.74. The lowest BCUT2D eigenvalue weighted by molar-refractivity contribution is -0.148. The van der Waals surface area contributed by atoms with E-state index in [0.29, 0.717) is 5.56 Å². The lowest BCUT2D eigenvalue weighted by atomic mass is 9.75. The predicted molar refractivity (Wildman–Crippen MR) is 87.1 cm³/mol. The number of esters is 1. The van der Waals surface area contributed by atoms with E-state index in [2.05, 4.69) is 5.92 Å². The summed E-state index contributed by atoms with van der Waals surface area (Å²) in [4.78, 5) is 12.4. The number of carbonyl (C=O) groups excluding carboxylic acids is 1. The maximum atomic E-state index is 12.4. The standard InChI is InChI=1S/C19H19NO2/c1-4-17(15-12-10-14(2)11-13-15)19(20,18(21)22-3)16-8-6-5-7-9-16/h1,5-13,17H,20H2,2-3H3/t17?,19-/m1/s1. The summed E-state index contributed by atoms with van der Waals surface area (Å²) in [5, 5.41) is 0. The minimum absolute atomic E-state index is 0.553. The van der Waals surface area contributed by atoms with Gasteiger partial charge in [-0.2, -0.15) is 0 Å². The van der Waals surface area contributed by atoms with Gasteiger partial charge in [-0.3, -0.25) is 0 Å². The normalized spacial score (nSPS) is 14.5. The largest absolute Gasteiger partial charge is 0.467 e. The first-order valence-corrected chi connectivity index (χ1v) is 6.99. The van der Waals surface area contributed by atoms with Crippen molar-refractivity contribution in [3.63, 3.8) is 0 Å². The molecule has 3 heteroatoms. The zero-order chi connectivity index (χ0) is 16.2. The van der Waals surface area contributed by atoms with Crippen molar-refractivity contribution in [2.75, 3.05) is 7.11 Å². The quantitative estimate of drug-likeness (QED) is 0.696. The van der Waals surface area contributed by atoms with Crippen LogP contribution in [0, 0.1) is 19.3 Å². The Morgan fingerprint density at radius 1 is 1.18 bits per heavy atom. The molecular formula is C19H19NO2. The topological polar surface area (TPSA) is 52.3 Å². The van der Waals surface area contributed by atoms with E-state index in [-0.39, 0.29) is 0 Å². The SMILES string of the molecule is C#CC(c1ccc(C)cc1)[C@@](N)(C(=O)OC)c1ccccc1. The summed E-state index contributed by atoms with van der Waals surface area (Å²) in [6.07, 6.45) is 5.72. The number of terminal acetylenes is 1. The Morgan fingerprint density at radius 3 is 2.27 bits per heavy atom. The van der Waals surface area contributed by atoms with Crippen molar-refractivity contribution in [2.24, 2.45) is 5.73 Å². The number of hydrogen-bond acceptors (Lipinski definition) is 3. The number of ether oxygens (including phenoxy) is 1. The van der Waals surface area contributed by atoms with Crippen molar-refractivity contribution in [3.05, 3.63) is 71.3 Å². The summed E-state index contributed by atoms with van der Waals surface area (Å²) in [7, 11) is 1.32. The Morgan fingerprint density at radius 2 is 1.77 bits per heavy atom.